The molecule has 4 nitrogen and oxygen atoms in total. The highest BCUT2D eigenvalue weighted by Gasteiger charge is 2.32. The van der Waals surface area contributed by atoms with E-state index in [0.29, 0.717) is 0 Å². The summed E-state index contributed by atoms with van der Waals surface area (Å²) in [6.45, 7) is 6.67. The standard InChI is InChI=1S/C18H24FN3O/c1-13(2)18(3,12-20)21-17(23)11-22-10-4-5-16(22)14-6-8-15(19)9-7-14/h6-9,13,16H,4-5,10-11H2,1-3H3,(H,21,23). The summed E-state index contributed by atoms with van der Waals surface area (Å²) < 4.78 is 13.1. The van der Waals surface area contributed by atoms with Gasteiger partial charge in [0.2, 0.25) is 5.91 Å². The molecule has 2 unspecified atom stereocenters. The lowest BCUT2D eigenvalue weighted by Gasteiger charge is -2.30. The Hall–Kier alpha value is -1.93. The number of hydrogen-bond acceptors (Lipinski definition) is 3. The van der Waals surface area contributed by atoms with E-state index in [1.54, 1.807) is 19.1 Å². The van der Waals surface area contributed by atoms with Crippen LogP contribution >= 0.6 is 0 Å². The molecule has 1 aliphatic rings. The molecule has 1 amide bonds. The number of carbonyl (C=O) groups excluding carboxylic acids is 1. The van der Waals surface area contributed by atoms with Crippen molar-refractivity contribution < 1.29 is 9.18 Å². The molecule has 1 aliphatic heterocycles. The Morgan fingerprint density at radius 2 is 2.13 bits per heavy atom. The number of rotatable bonds is 5. The molecule has 5 heteroatoms. The van der Waals surface area contributed by atoms with Gasteiger partial charge in [-0.3, -0.25) is 9.69 Å². The Bertz CT molecular complexity index is 593. The van der Waals surface area contributed by atoms with Crippen LogP contribution in [0.15, 0.2) is 24.3 Å². The number of amides is 1. The third kappa shape index (κ3) is 4.08. The van der Waals surface area contributed by atoms with Crippen LogP contribution in [0.1, 0.15) is 45.2 Å². The maximum Gasteiger partial charge on any atom is 0.235 e. The number of nitrogens with zero attached hydrogens (tertiary/aromatic N) is 2. The van der Waals surface area contributed by atoms with Crippen LogP contribution in [0.5, 0.6) is 0 Å². The first-order valence-electron chi connectivity index (χ1n) is 8.07. The maximum atomic E-state index is 13.1. The average molecular weight is 317 g/mol. The minimum Gasteiger partial charge on any atom is -0.337 e. The third-order valence-corrected chi connectivity index (χ3v) is 4.75. The molecule has 0 saturated carbocycles. The third-order valence-electron chi connectivity index (χ3n) is 4.75. The summed E-state index contributed by atoms with van der Waals surface area (Å²) in [4.78, 5) is 14.4. The van der Waals surface area contributed by atoms with Gasteiger partial charge < -0.3 is 5.32 Å². The van der Waals surface area contributed by atoms with Gasteiger partial charge in [0.25, 0.3) is 0 Å². The number of benzene rings is 1. The number of nitrogens with one attached hydrogen (secondary N) is 1. The molecule has 1 N–H and O–H groups in total. The van der Waals surface area contributed by atoms with Gasteiger partial charge in [0.15, 0.2) is 0 Å². The Balaban J connectivity index is 2.03. The van der Waals surface area contributed by atoms with Crippen molar-refractivity contribution in [2.24, 2.45) is 5.92 Å². The molecule has 0 bridgehead atoms. The average Bonchev–Trinajstić information content (AvgIpc) is 2.95. The van der Waals surface area contributed by atoms with Gasteiger partial charge >= 0.3 is 0 Å². The van der Waals surface area contributed by atoms with Gasteiger partial charge in [-0.1, -0.05) is 26.0 Å². The summed E-state index contributed by atoms with van der Waals surface area (Å²) in [6.07, 6.45) is 1.97. The molecule has 0 radical (unpaired) electrons. The van der Waals surface area contributed by atoms with E-state index in [2.05, 4.69) is 16.3 Å². The van der Waals surface area contributed by atoms with Gasteiger partial charge in [0.1, 0.15) is 11.4 Å². The topological polar surface area (TPSA) is 56.1 Å². The number of carbonyl (C=O) groups is 1. The fourth-order valence-corrected chi connectivity index (χ4v) is 2.89. The van der Waals surface area contributed by atoms with Crippen LogP contribution in [0.3, 0.4) is 0 Å². The number of halogens is 1. The van der Waals surface area contributed by atoms with E-state index in [9.17, 15) is 14.4 Å². The van der Waals surface area contributed by atoms with Crippen molar-refractivity contribution in [3.63, 3.8) is 0 Å². The second-order valence-electron chi connectivity index (χ2n) is 6.70. The quantitative estimate of drug-likeness (QED) is 0.908. The molecular formula is C18H24FN3O. The molecule has 1 aromatic carbocycles. The molecule has 1 saturated heterocycles. The highest BCUT2D eigenvalue weighted by Crippen LogP contribution is 2.31. The molecule has 23 heavy (non-hydrogen) atoms. The zero-order valence-corrected chi connectivity index (χ0v) is 14.0. The first-order chi connectivity index (χ1) is 10.9. The second kappa shape index (κ2) is 7.10. The normalized spacial score (nSPS) is 21.0. The molecule has 0 aromatic heterocycles. The molecular weight excluding hydrogens is 293 g/mol. The van der Waals surface area contributed by atoms with Crippen LogP contribution in [-0.4, -0.2) is 29.4 Å². The number of nitriles is 1. The van der Waals surface area contributed by atoms with Crippen LogP contribution < -0.4 is 5.32 Å². The van der Waals surface area contributed by atoms with Crippen molar-refractivity contribution >= 4 is 5.91 Å². The van der Waals surface area contributed by atoms with Crippen LogP contribution in [0, 0.1) is 23.1 Å². The highest BCUT2D eigenvalue weighted by molar-refractivity contribution is 5.79. The Labute approximate surface area is 137 Å². The molecule has 0 aliphatic carbocycles. The highest BCUT2D eigenvalue weighted by atomic mass is 19.1. The van der Waals surface area contributed by atoms with Crippen molar-refractivity contribution in [2.45, 2.75) is 45.2 Å². The molecule has 1 fully saturated rings. The van der Waals surface area contributed by atoms with E-state index in [0.717, 1.165) is 24.9 Å². The van der Waals surface area contributed by atoms with Crippen LogP contribution in [0.4, 0.5) is 4.39 Å². The fourth-order valence-electron chi connectivity index (χ4n) is 2.89. The molecule has 1 aromatic rings. The largest absolute Gasteiger partial charge is 0.337 e. The fraction of sp³-hybridized carbons (Fsp3) is 0.556. The molecule has 1 heterocycles. The van der Waals surface area contributed by atoms with Crippen molar-refractivity contribution in [3.05, 3.63) is 35.6 Å². The van der Waals surface area contributed by atoms with Crippen LogP contribution in [0.2, 0.25) is 0 Å². The van der Waals surface area contributed by atoms with Gasteiger partial charge in [-0.2, -0.15) is 5.26 Å². The molecule has 0 spiro atoms. The van der Waals surface area contributed by atoms with Crippen molar-refractivity contribution in [1.29, 1.82) is 5.26 Å². The first-order valence-corrected chi connectivity index (χ1v) is 8.07. The lowest BCUT2D eigenvalue weighted by molar-refractivity contribution is -0.124. The summed E-state index contributed by atoms with van der Waals surface area (Å²) in [6, 6.07) is 8.80. The van der Waals surface area contributed by atoms with Gasteiger partial charge in [-0.15, -0.1) is 0 Å². The van der Waals surface area contributed by atoms with E-state index in [-0.39, 0.29) is 30.2 Å². The predicted molar refractivity (Wildman–Crippen MR) is 86.9 cm³/mol. The van der Waals surface area contributed by atoms with E-state index < -0.39 is 5.54 Å². The van der Waals surface area contributed by atoms with E-state index >= 15 is 0 Å². The van der Waals surface area contributed by atoms with Crippen molar-refractivity contribution in [2.75, 3.05) is 13.1 Å². The lowest BCUT2D eigenvalue weighted by Crippen LogP contribution is -2.51. The summed E-state index contributed by atoms with van der Waals surface area (Å²) >= 11 is 0. The minimum atomic E-state index is -0.859. The van der Waals surface area contributed by atoms with E-state index in [1.807, 2.05) is 13.8 Å². The number of likely N-dealkylation sites (tertiary alicyclic amines) is 1. The SMILES string of the molecule is CC(C)C(C)(C#N)NC(=O)CN1CCCC1c1ccc(F)cc1. The lowest BCUT2D eigenvalue weighted by atomic mass is 9.90. The van der Waals surface area contributed by atoms with Gasteiger partial charge in [-0.25, -0.2) is 4.39 Å². The minimum absolute atomic E-state index is 0.0305. The summed E-state index contributed by atoms with van der Waals surface area (Å²) in [5.74, 6) is -0.363. The number of hydrogen-bond donors (Lipinski definition) is 1. The summed E-state index contributed by atoms with van der Waals surface area (Å²) in [7, 11) is 0. The van der Waals surface area contributed by atoms with Crippen LogP contribution in [-0.2, 0) is 4.79 Å². The second-order valence-corrected chi connectivity index (χ2v) is 6.70. The zero-order valence-electron chi connectivity index (χ0n) is 14.0. The zero-order chi connectivity index (χ0) is 17.0. The Morgan fingerprint density at radius 1 is 1.48 bits per heavy atom. The van der Waals surface area contributed by atoms with Crippen molar-refractivity contribution in [3.8, 4) is 6.07 Å². The monoisotopic (exact) mass is 317 g/mol. The smallest absolute Gasteiger partial charge is 0.235 e. The summed E-state index contributed by atoms with van der Waals surface area (Å²) in [5, 5.41) is 12.2. The van der Waals surface area contributed by atoms with Gasteiger partial charge in [0, 0.05) is 6.04 Å². The van der Waals surface area contributed by atoms with E-state index in [1.165, 1.54) is 12.1 Å². The van der Waals surface area contributed by atoms with Crippen molar-refractivity contribution in [1.82, 2.24) is 10.2 Å². The van der Waals surface area contributed by atoms with Gasteiger partial charge in [0.05, 0.1) is 12.6 Å². The maximum absolute atomic E-state index is 13.1. The molecule has 124 valence electrons. The van der Waals surface area contributed by atoms with Gasteiger partial charge in [-0.05, 0) is 49.9 Å². The van der Waals surface area contributed by atoms with Crippen LogP contribution in [0.25, 0.3) is 0 Å². The predicted octanol–water partition coefficient (Wildman–Crippen LogP) is 3.02. The first kappa shape index (κ1) is 17.4. The summed E-state index contributed by atoms with van der Waals surface area (Å²) in [5.41, 5.74) is 0.172. The Kier molecular flexibility index (Phi) is 5.38. The Morgan fingerprint density at radius 3 is 2.70 bits per heavy atom. The molecule has 2 atom stereocenters. The molecule has 2 rings (SSSR count). The van der Waals surface area contributed by atoms with E-state index in [4.69, 9.17) is 0 Å².